The van der Waals surface area contributed by atoms with Crippen LogP contribution in [0, 0.1) is 5.82 Å². The SMILES string of the molecule is CCOC(=O)CN1[C@@H](c2ccccc2)c2cc(Br)ccc2N[C@@H]1c1cccc(F)c1. The Labute approximate surface area is 183 Å². The van der Waals surface area contributed by atoms with Gasteiger partial charge in [0.25, 0.3) is 0 Å². The van der Waals surface area contributed by atoms with Crippen LogP contribution in [0.1, 0.15) is 35.8 Å². The molecule has 154 valence electrons. The van der Waals surface area contributed by atoms with Gasteiger partial charge in [-0.15, -0.1) is 0 Å². The van der Waals surface area contributed by atoms with E-state index >= 15 is 0 Å². The zero-order valence-corrected chi connectivity index (χ0v) is 18.1. The summed E-state index contributed by atoms with van der Waals surface area (Å²) in [6, 6.07) is 22.3. The van der Waals surface area contributed by atoms with Gasteiger partial charge in [0.05, 0.1) is 19.2 Å². The summed E-state index contributed by atoms with van der Waals surface area (Å²) in [7, 11) is 0. The van der Waals surface area contributed by atoms with Crippen molar-refractivity contribution in [1.82, 2.24) is 4.90 Å². The monoisotopic (exact) mass is 468 g/mol. The molecule has 4 nitrogen and oxygen atoms in total. The van der Waals surface area contributed by atoms with Crippen molar-refractivity contribution >= 4 is 27.6 Å². The van der Waals surface area contributed by atoms with E-state index in [9.17, 15) is 9.18 Å². The van der Waals surface area contributed by atoms with E-state index in [1.165, 1.54) is 12.1 Å². The fourth-order valence-corrected chi connectivity index (χ4v) is 4.32. The van der Waals surface area contributed by atoms with Gasteiger partial charge < -0.3 is 10.1 Å². The lowest BCUT2D eigenvalue weighted by atomic mass is 9.91. The van der Waals surface area contributed by atoms with Crippen LogP contribution in [0.2, 0.25) is 0 Å². The van der Waals surface area contributed by atoms with Crippen LogP contribution in [0.15, 0.2) is 77.3 Å². The van der Waals surface area contributed by atoms with E-state index in [1.807, 2.05) is 53.4 Å². The van der Waals surface area contributed by atoms with Crippen molar-refractivity contribution < 1.29 is 13.9 Å². The van der Waals surface area contributed by atoms with Crippen LogP contribution in [0.4, 0.5) is 10.1 Å². The second kappa shape index (κ2) is 8.98. The molecule has 2 atom stereocenters. The largest absolute Gasteiger partial charge is 0.465 e. The molecule has 0 spiro atoms. The van der Waals surface area contributed by atoms with E-state index < -0.39 is 6.17 Å². The Hall–Kier alpha value is -2.70. The maximum atomic E-state index is 14.1. The Bertz CT molecular complexity index is 1040. The van der Waals surface area contributed by atoms with Gasteiger partial charge in [-0.1, -0.05) is 58.4 Å². The normalized spacial score (nSPS) is 18.4. The van der Waals surface area contributed by atoms with E-state index in [0.29, 0.717) is 6.61 Å². The summed E-state index contributed by atoms with van der Waals surface area (Å²) in [5.41, 5.74) is 3.77. The van der Waals surface area contributed by atoms with Crippen molar-refractivity contribution in [3.63, 3.8) is 0 Å². The number of ether oxygens (including phenoxy) is 1. The molecule has 1 aliphatic rings. The number of benzene rings is 3. The lowest BCUT2D eigenvalue weighted by molar-refractivity contribution is -0.145. The zero-order chi connectivity index (χ0) is 21.1. The third-order valence-corrected chi connectivity index (χ3v) is 5.65. The number of fused-ring (bicyclic) bond motifs is 1. The Morgan fingerprint density at radius 3 is 2.57 bits per heavy atom. The van der Waals surface area contributed by atoms with Crippen LogP contribution >= 0.6 is 15.9 Å². The third-order valence-electron chi connectivity index (χ3n) is 5.16. The topological polar surface area (TPSA) is 41.6 Å². The first kappa shape index (κ1) is 20.6. The Morgan fingerprint density at radius 2 is 1.83 bits per heavy atom. The predicted octanol–water partition coefficient (Wildman–Crippen LogP) is 5.67. The van der Waals surface area contributed by atoms with Gasteiger partial charge in [-0.25, -0.2) is 4.39 Å². The van der Waals surface area contributed by atoms with Crippen LogP contribution in [-0.4, -0.2) is 24.0 Å². The summed E-state index contributed by atoms with van der Waals surface area (Å²) in [5, 5.41) is 3.50. The molecule has 1 heterocycles. The fourth-order valence-electron chi connectivity index (χ4n) is 3.95. The van der Waals surface area contributed by atoms with Gasteiger partial charge in [0.1, 0.15) is 12.0 Å². The molecule has 0 unspecified atom stereocenters. The standard InChI is InChI=1S/C24H22BrFN2O2/c1-2-30-22(29)15-28-23(16-7-4-3-5-8-16)20-14-18(25)11-12-21(20)27-24(28)17-9-6-10-19(26)13-17/h3-14,23-24,27H,2,15H2,1H3/t23-,24-/m0/s1. The van der Waals surface area contributed by atoms with E-state index in [1.54, 1.807) is 13.0 Å². The number of hydrogen-bond donors (Lipinski definition) is 1. The molecular formula is C24H22BrFN2O2. The molecule has 0 saturated heterocycles. The Kier molecular flexibility index (Phi) is 6.16. The van der Waals surface area contributed by atoms with E-state index in [2.05, 4.69) is 27.3 Å². The van der Waals surface area contributed by atoms with Crippen LogP contribution in [0.25, 0.3) is 0 Å². The van der Waals surface area contributed by atoms with Crippen molar-refractivity contribution in [3.05, 3.63) is 99.8 Å². The molecule has 0 bridgehead atoms. The number of halogens is 2. The second-order valence-corrected chi connectivity index (χ2v) is 8.04. The van der Waals surface area contributed by atoms with Crippen molar-refractivity contribution in [2.24, 2.45) is 0 Å². The van der Waals surface area contributed by atoms with Gasteiger partial charge in [-0.2, -0.15) is 0 Å². The lowest BCUT2D eigenvalue weighted by Gasteiger charge is -2.44. The predicted molar refractivity (Wildman–Crippen MR) is 119 cm³/mol. The second-order valence-electron chi connectivity index (χ2n) is 7.12. The number of nitrogens with one attached hydrogen (secondary N) is 1. The molecule has 0 aliphatic carbocycles. The van der Waals surface area contributed by atoms with E-state index in [-0.39, 0.29) is 24.4 Å². The number of nitrogens with zero attached hydrogens (tertiary/aromatic N) is 1. The molecule has 0 radical (unpaired) electrons. The summed E-state index contributed by atoms with van der Waals surface area (Å²) in [6.07, 6.45) is -0.399. The zero-order valence-electron chi connectivity index (χ0n) is 16.5. The maximum absolute atomic E-state index is 14.1. The summed E-state index contributed by atoms with van der Waals surface area (Å²) in [4.78, 5) is 14.6. The highest BCUT2D eigenvalue weighted by Gasteiger charge is 2.37. The van der Waals surface area contributed by atoms with Gasteiger partial charge in [0, 0.05) is 10.2 Å². The average Bonchev–Trinajstić information content (AvgIpc) is 2.74. The molecule has 0 saturated carbocycles. The van der Waals surface area contributed by atoms with Gasteiger partial charge in [-0.3, -0.25) is 9.69 Å². The molecule has 0 amide bonds. The molecule has 0 aromatic heterocycles. The highest BCUT2D eigenvalue weighted by Crippen LogP contribution is 2.44. The number of esters is 1. The third kappa shape index (κ3) is 4.25. The molecule has 3 aromatic rings. The number of hydrogen-bond acceptors (Lipinski definition) is 4. The maximum Gasteiger partial charge on any atom is 0.320 e. The smallest absolute Gasteiger partial charge is 0.320 e. The van der Waals surface area contributed by atoms with Gasteiger partial charge >= 0.3 is 5.97 Å². The van der Waals surface area contributed by atoms with Crippen molar-refractivity contribution in [2.45, 2.75) is 19.1 Å². The molecule has 6 heteroatoms. The number of carbonyl (C=O) groups is 1. The van der Waals surface area contributed by atoms with Crippen LogP contribution in [0.3, 0.4) is 0 Å². The minimum absolute atomic E-state index is 0.0630. The first-order valence-electron chi connectivity index (χ1n) is 9.84. The molecule has 4 rings (SSSR count). The summed E-state index contributed by atoms with van der Waals surface area (Å²) in [6.45, 7) is 2.16. The minimum Gasteiger partial charge on any atom is -0.465 e. The van der Waals surface area contributed by atoms with Crippen LogP contribution in [0.5, 0.6) is 0 Å². The average molecular weight is 469 g/mol. The molecule has 30 heavy (non-hydrogen) atoms. The number of carbonyl (C=O) groups excluding carboxylic acids is 1. The quantitative estimate of drug-likeness (QED) is 0.490. The van der Waals surface area contributed by atoms with Crippen molar-refractivity contribution in [2.75, 3.05) is 18.5 Å². The van der Waals surface area contributed by atoms with Crippen LogP contribution < -0.4 is 5.32 Å². The Morgan fingerprint density at radius 1 is 1.07 bits per heavy atom. The summed E-state index contributed by atoms with van der Waals surface area (Å²) in [5.74, 6) is -0.636. The first-order chi connectivity index (χ1) is 14.6. The van der Waals surface area contributed by atoms with Gasteiger partial charge in [-0.05, 0) is 53.9 Å². The summed E-state index contributed by atoms with van der Waals surface area (Å²) < 4.78 is 20.3. The van der Waals surface area contributed by atoms with E-state index in [0.717, 1.165) is 26.9 Å². The Balaban J connectivity index is 1.87. The highest BCUT2D eigenvalue weighted by atomic mass is 79.9. The van der Waals surface area contributed by atoms with Crippen molar-refractivity contribution in [3.8, 4) is 0 Å². The van der Waals surface area contributed by atoms with Gasteiger partial charge in [0.15, 0.2) is 0 Å². The molecular weight excluding hydrogens is 447 g/mol. The first-order valence-corrected chi connectivity index (χ1v) is 10.6. The molecule has 1 N–H and O–H groups in total. The van der Waals surface area contributed by atoms with Crippen LogP contribution in [-0.2, 0) is 9.53 Å². The molecule has 1 aliphatic heterocycles. The van der Waals surface area contributed by atoms with Gasteiger partial charge in [0.2, 0.25) is 0 Å². The van der Waals surface area contributed by atoms with E-state index in [4.69, 9.17) is 4.74 Å². The number of rotatable bonds is 5. The van der Waals surface area contributed by atoms with Crippen molar-refractivity contribution in [1.29, 1.82) is 0 Å². The molecule has 3 aromatic carbocycles. The highest BCUT2D eigenvalue weighted by molar-refractivity contribution is 9.10. The summed E-state index contributed by atoms with van der Waals surface area (Å²) >= 11 is 3.57. The lowest BCUT2D eigenvalue weighted by Crippen LogP contribution is -2.44. The molecule has 0 fully saturated rings. The minimum atomic E-state index is -0.399. The fraction of sp³-hybridized carbons (Fsp3) is 0.208. The number of anilines is 1.